The van der Waals surface area contributed by atoms with Gasteiger partial charge in [0.15, 0.2) is 5.78 Å². The van der Waals surface area contributed by atoms with E-state index in [1.54, 1.807) is 22.9 Å². The van der Waals surface area contributed by atoms with Gasteiger partial charge in [-0.05, 0) is 44.5 Å². The van der Waals surface area contributed by atoms with E-state index in [4.69, 9.17) is 23.2 Å². The number of aryl methyl sites for hydroxylation is 1. The number of hydrogen-bond acceptors (Lipinski definition) is 2. The smallest absolute Gasteiger partial charge is 0.185 e. The molecular weight excluding hydrogens is 283 g/mol. The van der Waals surface area contributed by atoms with E-state index in [1.165, 1.54) is 0 Å². The molecule has 100 valence electrons. The highest BCUT2D eigenvalue weighted by Gasteiger charge is 2.14. The zero-order valence-corrected chi connectivity index (χ0v) is 12.5. The molecule has 0 N–H and O–H groups in total. The van der Waals surface area contributed by atoms with Gasteiger partial charge in [0.25, 0.3) is 0 Å². The Balaban J connectivity index is 2.28. The van der Waals surface area contributed by atoms with Crippen molar-refractivity contribution in [3.63, 3.8) is 0 Å². The minimum absolute atomic E-state index is 0.0766. The average Bonchev–Trinajstić information content (AvgIpc) is 2.57. The summed E-state index contributed by atoms with van der Waals surface area (Å²) in [4.78, 5) is 12.2. The minimum atomic E-state index is -0.0766. The van der Waals surface area contributed by atoms with Crippen LogP contribution in [0.15, 0.2) is 18.2 Å². The Kier molecular flexibility index (Phi) is 3.97. The molecular formula is C14H14Cl2N2O. The molecule has 0 atom stereocenters. The second-order valence-electron chi connectivity index (χ2n) is 4.50. The molecule has 0 bridgehead atoms. The van der Waals surface area contributed by atoms with E-state index in [0.717, 1.165) is 17.0 Å². The number of ketones is 1. The summed E-state index contributed by atoms with van der Waals surface area (Å²) in [5.41, 5.74) is 3.51. The maximum Gasteiger partial charge on any atom is 0.185 e. The van der Waals surface area contributed by atoms with E-state index < -0.39 is 0 Å². The standard InChI is InChI=1S/C14H14Cl2N2O/c1-8-9(2)17-18(10(8)3)7-14(19)12-5-4-11(15)6-13(12)16/h4-6H,7H2,1-3H3. The van der Waals surface area contributed by atoms with Crippen LogP contribution >= 0.6 is 23.2 Å². The van der Waals surface area contributed by atoms with Crippen molar-refractivity contribution in [3.05, 3.63) is 50.8 Å². The van der Waals surface area contributed by atoms with Gasteiger partial charge in [0.1, 0.15) is 6.54 Å². The van der Waals surface area contributed by atoms with E-state index in [2.05, 4.69) is 5.10 Å². The summed E-state index contributed by atoms with van der Waals surface area (Å²) in [6.45, 7) is 6.06. The number of rotatable bonds is 3. The van der Waals surface area contributed by atoms with Crippen molar-refractivity contribution in [2.24, 2.45) is 0 Å². The van der Waals surface area contributed by atoms with Gasteiger partial charge in [-0.15, -0.1) is 0 Å². The van der Waals surface area contributed by atoms with Crippen molar-refractivity contribution in [2.45, 2.75) is 27.3 Å². The summed E-state index contributed by atoms with van der Waals surface area (Å²) >= 11 is 11.8. The topological polar surface area (TPSA) is 34.9 Å². The normalized spacial score (nSPS) is 10.8. The lowest BCUT2D eigenvalue weighted by atomic mass is 10.1. The van der Waals surface area contributed by atoms with Crippen molar-refractivity contribution in [2.75, 3.05) is 0 Å². The van der Waals surface area contributed by atoms with Gasteiger partial charge in [0.05, 0.1) is 10.7 Å². The van der Waals surface area contributed by atoms with E-state index in [0.29, 0.717) is 15.6 Å². The molecule has 5 heteroatoms. The van der Waals surface area contributed by atoms with Gasteiger partial charge in [-0.1, -0.05) is 23.2 Å². The van der Waals surface area contributed by atoms with Crippen LogP contribution < -0.4 is 0 Å². The molecule has 1 aromatic carbocycles. The first-order valence-electron chi connectivity index (χ1n) is 5.89. The van der Waals surface area contributed by atoms with Crippen LogP contribution in [0.4, 0.5) is 0 Å². The van der Waals surface area contributed by atoms with Crippen LogP contribution in [0.25, 0.3) is 0 Å². The van der Waals surface area contributed by atoms with Crippen molar-refractivity contribution in [1.29, 1.82) is 0 Å². The molecule has 2 aromatic rings. The highest BCUT2D eigenvalue weighted by molar-refractivity contribution is 6.36. The van der Waals surface area contributed by atoms with Crippen molar-refractivity contribution >= 4 is 29.0 Å². The fourth-order valence-corrected chi connectivity index (χ4v) is 2.39. The predicted molar refractivity (Wildman–Crippen MR) is 77.2 cm³/mol. The second-order valence-corrected chi connectivity index (χ2v) is 5.34. The molecule has 0 saturated carbocycles. The molecule has 2 rings (SSSR count). The first kappa shape index (κ1) is 14.1. The van der Waals surface area contributed by atoms with Gasteiger partial charge >= 0.3 is 0 Å². The van der Waals surface area contributed by atoms with Crippen molar-refractivity contribution in [3.8, 4) is 0 Å². The maximum absolute atomic E-state index is 12.2. The van der Waals surface area contributed by atoms with Crippen LogP contribution in [0.5, 0.6) is 0 Å². The molecule has 0 aliphatic rings. The molecule has 0 amide bonds. The minimum Gasteiger partial charge on any atom is -0.292 e. The third-order valence-corrected chi connectivity index (χ3v) is 3.82. The zero-order chi connectivity index (χ0) is 14.2. The molecule has 0 spiro atoms. The van der Waals surface area contributed by atoms with Crippen molar-refractivity contribution in [1.82, 2.24) is 9.78 Å². The second kappa shape index (κ2) is 5.35. The Hall–Kier alpha value is -1.32. The largest absolute Gasteiger partial charge is 0.292 e. The van der Waals surface area contributed by atoms with Gasteiger partial charge in [0.2, 0.25) is 0 Å². The molecule has 0 saturated heterocycles. The predicted octanol–water partition coefficient (Wildman–Crippen LogP) is 4.00. The fourth-order valence-electron chi connectivity index (χ4n) is 1.88. The van der Waals surface area contributed by atoms with Gasteiger partial charge in [-0.25, -0.2) is 0 Å². The average molecular weight is 297 g/mol. The molecule has 0 radical (unpaired) electrons. The summed E-state index contributed by atoms with van der Waals surface area (Å²) in [6, 6.07) is 4.88. The van der Waals surface area contributed by atoms with Gasteiger partial charge in [0, 0.05) is 16.3 Å². The number of carbonyl (C=O) groups is 1. The van der Waals surface area contributed by atoms with Crippen LogP contribution in [-0.4, -0.2) is 15.6 Å². The van der Waals surface area contributed by atoms with E-state index >= 15 is 0 Å². The number of aromatic nitrogens is 2. The van der Waals surface area contributed by atoms with Gasteiger partial charge in [-0.3, -0.25) is 9.48 Å². The quantitative estimate of drug-likeness (QED) is 0.803. The SMILES string of the molecule is Cc1nn(CC(=O)c2ccc(Cl)cc2Cl)c(C)c1C. The van der Waals surface area contributed by atoms with Crippen LogP contribution in [0, 0.1) is 20.8 Å². The molecule has 3 nitrogen and oxygen atoms in total. The molecule has 0 fully saturated rings. The lowest BCUT2D eigenvalue weighted by Gasteiger charge is -2.06. The van der Waals surface area contributed by atoms with Gasteiger partial charge < -0.3 is 0 Å². The number of carbonyl (C=O) groups excluding carboxylic acids is 1. The Morgan fingerprint density at radius 3 is 2.47 bits per heavy atom. The fraction of sp³-hybridized carbons (Fsp3) is 0.286. The number of benzene rings is 1. The Bertz CT molecular complexity index is 647. The summed E-state index contributed by atoms with van der Waals surface area (Å²) in [5, 5.41) is 5.24. The zero-order valence-electron chi connectivity index (χ0n) is 11.0. The van der Waals surface area contributed by atoms with Crippen LogP contribution in [-0.2, 0) is 6.54 Å². The Morgan fingerprint density at radius 1 is 1.26 bits per heavy atom. The summed E-state index contributed by atoms with van der Waals surface area (Å²) in [6.07, 6.45) is 0. The lowest BCUT2D eigenvalue weighted by Crippen LogP contribution is -2.13. The first-order chi connectivity index (χ1) is 8.90. The molecule has 0 aliphatic carbocycles. The molecule has 0 unspecified atom stereocenters. The van der Waals surface area contributed by atoms with E-state index in [9.17, 15) is 4.79 Å². The third kappa shape index (κ3) is 2.82. The number of halogens is 2. The molecule has 1 heterocycles. The molecule has 19 heavy (non-hydrogen) atoms. The number of nitrogens with zero attached hydrogens (tertiary/aromatic N) is 2. The van der Waals surface area contributed by atoms with E-state index in [1.807, 2.05) is 20.8 Å². The van der Waals surface area contributed by atoms with Crippen molar-refractivity contribution < 1.29 is 4.79 Å². The molecule has 1 aromatic heterocycles. The summed E-state index contributed by atoms with van der Waals surface area (Å²) < 4.78 is 1.71. The van der Waals surface area contributed by atoms with Gasteiger partial charge in [-0.2, -0.15) is 5.10 Å². The monoisotopic (exact) mass is 296 g/mol. The third-order valence-electron chi connectivity index (χ3n) is 3.27. The highest BCUT2D eigenvalue weighted by atomic mass is 35.5. The number of hydrogen-bond donors (Lipinski definition) is 0. The summed E-state index contributed by atoms with van der Waals surface area (Å²) in [7, 11) is 0. The van der Waals surface area contributed by atoms with Crippen LogP contribution in [0.3, 0.4) is 0 Å². The van der Waals surface area contributed by atoms with Crippen LogP contribution in [0.1, 0.15) is 27.3 Å². The maximum atomic E-state index is 12.2. The first-order valence-corrected chi connectivity index (χ1v) is 6.64. The lowest BCUT2D eigenvalue weighted by molar-refractivity contribution is 0.0967. The Morgan fingerprint density at radius 2 is 1.95 bits per heavy atom. The Labute approximate surface area is 122 Å². The molecule has 0 aliphatic heterocycles. The summed E-state index contributed by atoms with van der Waals surface area (Å²) in [5.74, 6) is -0.0766. The van der Waals surface area contributed by atoms with Crippen LogP contribution in [0.2, 0.25) is 10.0 Å². The number of Topliss-reactive ketones (excluding diaryl/α,β-unsaturated/α-hetero) is 1. The van der Waals surface area contributed by atoms with E-state index in [-0.39, 0.29) is 12.3 Å². The highest BCUT2D eigenvalue weighted by Crippen LogP contribution is 2.22.